The molecule has 0 aromatic heterocycles. The Bertz CT molecular complexity index is 445. The maximum Gasteiger partial charge on any atom is 0.321 e. The van der Waals surface area contributed by atoms with Crippen molar-refractivity contribution >= 4 is 17.6 Å². The van der Waals surface area contributed by atoms with Crippen molar-refractivity contribution in [3.8, 4) is 5.75 Å². The average Bonchev–Trinajstić information content (AvgIpc) is 2.44. The molecule has 0 fully saturated rings. The molecule has 0 saturated carbocycles. The second-order valence-electron chi connectivity index (χ2n) is 4.33. The number of carbonyl (C=O) groups is 2. The second-order valence-corrected chi connectivity index (χ2v) is 4.33. The van der Waals surface area contributed by atoms with Gasteiger partial charge < -0.3 is 20.5 Å². The summed E-state index contributed by atoms with van der Waals surface area (Å²) in [7, 11) is 1.56. The lowest BCUT2D eigenvalue weighted by Crippen LogP contribution is -2.40. The highest BCUT2D eigenvalue weighted by Crippen LogP contribution is 2.15. The van der Waals surface area contributed by atoms with Crippen LogP contribution in [0.15, 0.2) is 24.3 Å². The summed E-state index contributed by atoms with van der Waals surface area (Å²) in [6, 6.07) is 5.98. The van der Waals surface area contributed by atoms with Crippen LogP contribution >= 0.6 is 0 Å². The molecule has 0 saturated heterocycles. The molecule has 1 amide bonds. The van der Waals surface area contributed by atoms with Crippen molar-refractivity contribution in [3.05, 3.63) is 24.3 Å². The van der Waals surface area contributed by atoms with Crippen molar-refractivity contribution in [1.82, 2.24) is 5.32 Å². The van der Waals surface area contributed by atoms with E-state index in [2.05, 4.69) is 10.6 Å². The van der Waals surface area contributed by atoms with E-state index in [9.17, 15) is 9.59 Å². The fraction of sp³-hybridized carbons (Fsp3) is 0.429. The Kier molecular flexibility index (Phi) is 6.52. The molecule has 110 valence electrons. The SMILES string of the molecule is CCCNC(CC(=O)Nc1ccc(OC)cc1)C(=O)O. The Morgan fingerprint density at radius 1 is 1.30 bits per heavy atom. The number of amides is 1. The third-order valence-electron chi connectivity index (χ3n) is 2.70. The number of benzene rings is 1. The van der Waals surface area contributed by atoms with Crippen LogP contribution in [0.4, 0.5) is 5.69 Å². The highest BCUT2D eigenvalue weighted by molar-refractivity contribution is 5.94. The maximum atomic E-state index is 11.8. The standard InChI is InChI=1S/C14H20N2O4/c1-3-8-15-12(14(18)19)9-13(17)16-10-4-6-11(20-2)7-5-10/h4-7,12,15H,3,8-9H2,1-2H3,(H,16,17)(H,18,19). The van der Waals surface area contributed by atoms with Crippen LogP contribution in [0.25, 0.3) is 0 Å². The van der Waals surface area contributed by atoms with E-state index in [1.165, 1.54) is 0 Å². The van der Waals surface area contributed by atoms with Crippen molar-refractivity contribution in [2.75, 3.05) is 19.0 Å². The summed E-state index contributed by atoms with van der Waals surface area (Å²) in [4.78, 5) is 22.8. The molecule has 0 spiro atoms. The normalized spacial score (nSPS) is 11.7. The van der Waals surface area contributed by atoms with Gasteiger partial charge in [0.1, 0.15) is 11.8 Å². The van der Waals surface area contributed by atoms with Gasteiger partial charge in [-0.15, -0.1) is 0 Å². The molecule has 1 rings (SSSR count). The molecule has 6 heteroatoms. The van der Waals surface area contributed by atoms with Crippen molar-refractivity contribution in [2.45, 2.75) is 25.8 Å². The molecular weight excluding hydrogens is 260 g/mol. The number of carbonyl (C=O) groups excluding carboxylic acids is 1. The van der Waals surface area contributed by atoms with Gasteiger partial charge >= 0.3 is 5.97 Å². The number of hydrogen-bond donors (Lipinski definition) is 3. The molecule has 1 aromatic carbocycles. The lowest BCUT2D eigenvalue weighted by Gasteiger charge is -2.13. The Morgan fingerprint density at radius 3 is 2.45 bits per heavy atom. The van der Waals surface area contributed by atoms with Crippen molar-refractivity contribution in [1.29, 1.82) is 0 Å². The van der Waals surface area contributed by atoms with Crippen molar-refractivity contribution < 1.29 is 19.4 Å². The number of aliphatic carboxylic acids is 1. The number of rotatable bonds is 8. The van der Waals surface area contributed by atoms with Crippen LogP contribution in [-0.2, 0) is 9.59 Å². The van der Waals surface area contributed by atoms with Crippen LogP contribution in [-0.4, -0.2) is 36.7 Å². The zero-order valence-electron chi connectivity index (χ0n) is 11.7. The number of hydrogen-bond acceptors (Lipinski definition) is 4. The third kappa shape index (κ3) is 5.27. The van der Waals surface area contributed by atoms with E-state index < -0.39 is 12.0 Å². The highest BCUT2D eigenvalue weighted by Gasteiger charge is 2.20. The predicted octanol–water partition coefficient (Wildman–Crippen LogP) is 1.48. The van der Waals surface area contributed by atoms with Gasteiger partial charge in [0.2, 0.25) is 5.91 Å². The lowest BCUT2D eigenvalue weighted by atomic mass is 10.2. The monoisotopic (exact) mass is 280 g/mol. The van der Waals surface area contributed by atoms with Gasteiger partial charge in [-0.1, -0.05) is 6.92 Å². The summed E-state index contributed by atoms with van der Waals surface area (Å²) in [6.07, 6.45) is 0.700. The summed E-state index contributed by atoms with van der Waals surface area (Å²) >= 11 is 0. The summed E-state index contributed by atoms with van der Waals surface area (Å²) in [5.74, 6) is -0.675. The Hall–Kier alpha value is -2.08. The van der Waals surface area contributed by atoms with E-state index in [0.29, 0.717) is 18.0 Å². The Labute approximate surface area is 118 Å². The van der Waals surface area contributed by atoms with Gasteiger partial charge in [0, 0.05) is 5.69 Å². The first-order chi connectivity index (χ1) is 9.56. The molecular formula is C14H20N2O4. The Morgan fingerprint density at radius 2 is 1.95 bits per heavy atom. The van der Waals surface area contributed by atoms with Crippen LogP contribution in [0.1, 0.15) is 19.8 Å². The number of anilines is 1. The fourth-order valence-electron chi connectivity index (χ4n) is 1.64. The van der Waals surface area contributed by atoms with E-state index in [0.717, 1.165) is 6.42 Å². The van der Waals surface area contributed by atoms with Gasteiger partial charge in [-0.25, -0.2) is 0 Å². The van der Waals surface area contributed by atoms with E-state index in [4.69, 9.17) is 9.84 Å². The van der Waals surface area contributed by atoms with Crippen LogP contribution in [0.5, 0.6) is 5.75 Å². The van der Waals surface area contributed by atoms with E-state index in [-0.39, 0.29) is 12.3 Å². The van der Waals surface area contributed by atoms with Crippen LogP contribution in [0.3, 0.4) is 0 Å². The van der Waals surface area contributed by atoms with Gasteiger partial charge in [0.25, 0.3) is 0 Å². The van der Waals surface area contributed by atoms with Gasteiger partial charge in [-0.05, 0) is 37.2 Å². The van der Waals surface area contributed by atoms with E-state index in [1.807, 2.05) is 6.92 Å². The van der Waals surface area contributed by atoms with Crippen LogP contribution in [0.2, 0.25) is 0 Å². The van der Waals surface area contributed by atoms with E-state index >= 15 is 0 Å². The molecule has 1 unspecified atom stereocenters. The van der Waals surface area contributed by atoms with Crippen molar-refractivity contribution in [3.63, 3.8) is 0 Å². The largest absolute Gasteiger partial charge is 0.497 e. The van der Waals surface area contributed by atoms with Crippen LogP contribution in [0, 0.1) is 0 Å². The lowest BCUT2D eigenvalue weighted by molar-refractivity contribution is -0.141. The quantitative estimate of drug-likeness (QED) is 0.671. The minimum absolute atomic E-state index is 0.110. The first-order valence-electron chi connectivity index (χ1n) is 6.47. The predicted molar refractivity (Wildman–Crippen MR) is 76.0 cm³/mol. The molecule has 6 nitrogen and oxygen atoms in total. The number of ether oxygens (including phenoxy) is 1. The molecule has 0 bridgehead atoms. The Balaban J connectivity index is 2.53. The molecule has 3 N–H and O–H groups in total. The first kappa shape index (κ1) is 16.0. The zero-order valence-corrected chi connectivity index (χ0v) is 11.7. The van der Waals surface area contributed by atoms with Crippen LogP contribution < -0.4 is 15.4 Å². The van der Waals surface area contributed by atoms with Gasteiger partial charge in [0.05, 0.1) is 13.5 Å². The fourth-order valence-corrected chi connectivity index (χ4v) is 1.64. The molecule has 20 heavy (non-hydrogen) atoms. The van der Waals surface area contributed by atoms with E-state index in [1.54, 1.807) is 31.4 Å². The molecule has 0 aliphatic rings. The minimum Gasteiger partial charge on any atom is -0.497 e. The second kappa shape index (κ2) is 8.16. The van der Waals surface area contributed by atoms with Crippen molar-refractivity contribution in [2.24, 2.45) is 0 Å². The number of carboxylic acids is 1. The summed E-state index contributed by atoms with van der Waals surface area (Å²) in [5, 5.41) is 14.5. The minimum atomic E-state index is -1.02. The molecule has 1 aromatic rings. The maximum absolute atomic E-state index is 11.8. The third-order valence-corrected chi connectivity index (χ3v) is 2.70. The molecule has 0 aliphatic heterocycles. The molecule has 0 heterocycles. The molecule has 1 atom stereocenters. The smallest absolute Gasteiger partial charge is 0.321 e. The molecule has 0 aliphatic carbocycles. The highest BCUT2D eigenvalue weighted by atomic mass is 16.5. The number of carboxylic acid groups (broad SMARTS) is 1. The zero-order chi connectivity index (χ0) is 15.0. The first-order valence-corrected chi connectivity index (χ1v) is 6.47. The average molecular weight is 280 g/mol. The van der Waals surface area contributed by atoms with Gasteiger partial charge in [-0.3, -0.25) is 9.59 Å². The summed E-state index contributed by atoms with van der Waals surface area (Å²) < 4.78 is 5.01. The van der Waals surface area contributed by atoms with Gasteiger partial charge in [0.15, 0.2) is 0 Å². The van der Waals surface area contributed by atoms with Gasteiger partial charge in [-0.2, -0.15) is 0 Å². The summed E-state index contributed by atoms with van der Waals surface area (Å²) in [6.45, 7) is 2.50. The summed E-state index contributed by atoms with van der Waals surface area (Å²) in [5.41, 5.74) is 0.607. The number of methoxy groups -OCH3 is 1. The number of nitrogens with one attached hydrogen (secondary N) is 2. The topological polar surface area (TPSA) is 87.7 Å². The molecule has 0 radical (unpaired) electrons.